The van der Waals surface area contributed by atoms with Crippen LogP contribution in [0.5, 0.6) is 0 Å². The van der Waals surface area contributed by atoms with Crippen LogP contribution in [0.4, 0.5) is 11.5 Å². The van der Waals surface area contributed by atoms with E-state index in [4.69, 9.17) is 0 Å². The van der Waals surface area contributed by atoms with Crippen LogP contribution in [-0.2, 0) is 14.8 Å². The number of nitrogens with zero attached hydrogens (tertiary/aromatic N) is 3. The number of benzene rings is 1. The monoisotopic (exact) mass is 376 g/mol. The average Bonchev–Trinajstić information content (AvgIpc) is 3.13. The van der Waals surface area contributed by atoms with E-state index in [-0.39, 0.29) is 17.1 Å². The molecule has 1 atom stereocenters. The number of rotatable bonds is 5. The summed E-state index contributed by atoms with van der Waals surface area (Å²) in [6, 6.07) is 8.80. The predicted molar refractivity (Wildman–Crippen MR) is 92.9 cm³/mol. The molecule has 10 heteroatoms. The van der Waals surface area contributed by atoms with Crippen molar-refractivity contribution >= 4 is 27.4 Å². The van der Waals surface area contributed by atoms with Gasteiger partial charge in [-0.05, 0) is 37.1 Å². The third kappa shape index (κ3) is 3.55. The second kappa shape index (κ2) is 7.18. The van der Waals surface area contributed by atoms with Crippen molar-refractivity contribution < 1.29 is 18.1 Å². The topological polar surface area (TPSA) is 123 Å². The maximum atomic E-state index is 12.8. The lowest BCUT2D eigenvalue weighted by Gasteiger charge is -2.23. The maximum absolute atomic E-state index is 12.8. The summed E-state index contributed by atoms with van der Waals surface area (Å²) in [5, 5.41) is 13.3. The van der Waals surface area contributed by atoms with Gasteiger partial charge in [0.2, 0.25) is 15.9 Å². The van der Waals surface area contributed by atoms with Crippen LogP contribution in [0, 0.1) is 10.1 Å². The van der Waals surface area contributed by atoms with Crippen molar-refractivity contribution in [2.45, 2.75) is 23.8 Å². The fourth-order valence-corrected chi connectivity index (χ4v) is 4.47. The zero-order chi connectivity index (χ0) is 18.7. The summed E-state index contributed by atoms with van der Waals surface area (Å²) < 4.78 is 26.8. The normalized spacial score (nSPS) is 17.8. The number of carbonyl (C=O) groups is 1. The Kier molecular flexibility index (Phi) is 4.96. The van der Waals surface area contributed by atoms with Gasteiger partial charge in [-0.1, -0.05) is 6.07 Å². The number of non-ortho nitro benzene ring substituents is 1. The van der Waals surface area contributed by atoms with E-state index in [1.807, 2.05) is 0 Å². The Hall–Kier alpha value is -2.85. The molecule has 1 aliphatic heterocycles. The van der Waals surface area contributed by atoms with Crippen LogP contribution < -0.4 is 5.32 Å². The van der Waals surface area contributed by atoms with Gasteiger partial charge in [0.1, 0.15) is 11.9 Å². The van der Waals surface area contributed by atoms with Crippen LogP contribution in [-0.4, -0.2) is 41.1 Å². The van der Waals surface area contributed by atoms with E-state index in [0.29, 0.717) is 18.7 Å². The van der Waals surface area contributed by atoms with Gasteiger partial charge in [-0.15, -0.1) is 0 Å². The lowest BCUT2D eigenvalue weighted by atomic mass is 10.2. The summed E-state index contributed by atoms with van der Waals surface area (Å²) in [4.78, 5) is 26.5. The first-order chi connectivity index (χ1) is 12.4. The molecule has 2 heterocycles. The first-order valence-electron chi connectivity index (χ1n) is 7.88. The van der Waals surface area contributed by atoms with Gasteiger partial charge in [-0.3, -0.25) is 14.9 Å². The average molecular weight is 376 g/mol. The quantitative estimate of drug-likeness (QED) is 0.627. The summed E-state index contributed by atoms with van der Waals surface area (Å²) in [6.45, 7) is 0.208. The molecule has 0 spiro atoms. The minimum atomic E-state index is -3.94. The standard InChI is InChI=1S/C16H16N4O5S/c21-16(18-15-5-1-2-10-17-15)14-4-3-11-19(14)26(24,25)13-8-6-12(7-9-13)20(22)23/h1-2,5-10,14H,3-4,11H2,(H,17,18,21). The Bertz CT molecular complexity index is 915. The molecule has 0 saturated carbocycles. The van der Waals surface area contributed by atoms with Gasteiger partial charge in [0.15, 0.2) is 0 Å². The largest absolute Gasteiger partial charge is 0.309 e. The number of hydrogen-bond donors (Lipinski definition) is 1. The van der Waals surface area contributed by atoms with E-state index < -0.39 is 26.9 Å². The molecule has 1 saturated heterocycles. The van der Waals surface area contributed by atoms with E-state index in [1.54, 1.807) is 18.2 Å². The van der Waals surface area contributed by atoms with E-state index in [9.17, 15) is 23.3 Å². The number of aromatic nitrogens is 1. The lowest BCUT2D eigenvalue weighted by molar-refractivity contribution is -0.384. The molecule has 0 bridgehead atoms. The molecule has 9 nitrogen and oxygen atoms in total. The van der Waals surface area contributed by atoms with Crippen molar-refractivity contribution in [1.29, 1.82) is 0 Å². The zero-order valence-electron chi connectivity index (χ0n) is 13.6. The molecule has 1 aliphatic rings. The number of amides is 1. The van der Waals surface area contributed by atoms with E-state index >= 15 is 0 Å². The highest BCUT2D eigenvalue weighted by Crippen LogP contribution is 2.27. The summed E-state index contributed by atoms with van der Waals surface area (Å²) in [5.74, 6) is -0.108. The number of nitro groups is 1. The van der Waals surface area contributed by atoms with Gasteiger partial charge >= 0.3 is 0 Å². The van der Waals surface area contributed by atoms with Crippen molar-refractivity contribution in [2.24, 2.45) is 0 Å². The molecule has 1 unspecified atom stereocenters. The van der Waals surface area contributed by atoms with Crippen molar-refractivity contribution in [3.8, 4) is 0 Å². The van der Waals surface area contributed by atoms with Gasteiger partial charge in [0.25, 0.3) is 5.69 Å². The van der Waals surface area contributed by atoms with Crippen LogP contribution in [0.3, 0.4) is 0 Å². The fraction of sp³-hybridized carbons (Fsp3) is 0.250. The van der Waals surface area contributed by atoms with Crippen LogP contribution in [0.2, 0.25) is 0 Å². The van der Waals surface area contributed by atoms with Crippen LogP contribution in [0.1, 0.15) is 12.8 Å². The number of sulfonamides is 1. The maximum Gasteiger partial charge on any atom is 0.269 e. The second-order valence-electron chi connectivity index (χ2n) is 5.73. The Morgan fingerprint density at radius 2 is 1.96 bits per heavy atom. The van der Waals surface area contributed by atoms with Crippen molar-refractivity contribution in [3.05, 3.63) is 58.8 Å². The van der Waals surface area contributed by atoms with Gasteiger partial charge in [0, 0.05) is 24.9 Å². The Labute approximate surface area is 149 Å². The molecular formula is C16H16N4O5S. The van der Waals surface area contributed by atoms with E-state index in [0.717, 1.165) is 16.4 Å². The first-order valence-corrected chi connectivity index (χ1v) is 9.32. The minimum Gasteiger partial charge on any atom is -0.309 e. The zero-order valence-corrected chi connectivity index (χ0v) is 14.4. The van der Waals surface area contributed by atoms with Gasteiger partial charge < -0.3 is 5.32 Å². The molecular weight excluding hydrogens is 360 g/mol. The SMILES string of the molecule is O=C(Nc1ccccn1)C1CCCN1S(=O)(=O)c1ccc([N+](=O)[O-])cc1. The molecule has 1 aromatic heterocycles. The van der Waals surface area contributed by atoms with Crippen LogP contribution in [0.25, 0.3) is 0 Å². The highest BCUT2D eigenvalue weighted by Gasteiger charge is 2.39. The van der Waals surface area contributed by atoms with Gasteiger partial charge in [0.05, 0.1) is 9.82 Å². The highest BCUT2D eigenvalue weighted by atomic mass is 32.2. The van der Waals surface area contributed by atoms with Gasteiger partial charge in [-0.2, -0.15) is 4.31 Å². The fourth-order valence-electron chi connectivity index (χ4n) is 2.81. The number of nitro benzene ring substituents is 1. The van der Waals surface area contributed by atoms with Crippen molar-refractivity contribution in [2.75, 3.05) is 11.9 Å². The van der Waals surface area contributed by atoms with Crippen molar-refractivity contribution in [3.63, 3.8) is 0 Å². The van der Waals surface area contributed by atoms with E-state index in [2.05, 4.69) is 10.3 Å². The Balaban J connectivity index is 1.82. The molecule has 3 rings (SSSR count). The number of pyridine rings is 1. The van der Waals surface area contributed by atoms with Crippen LogP contribution in [0.15, 0.2) is 53.6 Å². The van der Waals surface area contributed by atoms with Crippen LogP contribution >= 0.6 is 0 Å². The second-order valence-corrected chi connectivity index (χ2v) is 7.62. The lowest BCUT2D eigenvalue weighted by Crippen LogP contribution is -2.43. The molecule has 1 amide bonds. The molecule has 0 aliphatic carbocycles. The summed E-state index contributed by atoms with van der Waals surface area (Å²) in [6.07, 6.45) is 2.47. The summed E-state index contributed by atoms with van der Waals surface area (Å²) in [5.41, 5.74) is -0.199. The molecule has 26 heavy (non-hydrogen) atoms. The van der Waals surface area contributed by atoms with Crippen molar-refractivity contribution in [1.82, 2.24) is 9.29 Å². The predicted octanol–water partition coefficient (Wildman–Crippen LogP) is 1.78. The third-order valence-electron chi connectivity index (χ3n) is 4.08. The number of anilines is 1. The number of hydrogen-bond acceptors (Lipinski definition) is 6. The molecule has 136 valence electrons. The summed E-state index contributed by atoms with van der Waals surface area (Å²) in [7, 11) is -3.94. The number of nitrogens with one attached hydrogen (secondary N) is 1. The van der Waals surface area contributed by atoms with E-state index in [1.165, 1.54) is 18.3 Å². The molecule has 0 radical (unpaired) electrons. The van der Waals surface area contributed by atoms with Gasteiger partial charge in [-0.25, -0.2) is 13.4 Å². The highest BCUT2D eigenvalue weighted by molar-refractivity contribution is 7.89. The summed E-state index contributed by atoms with van der Waals surface area (Å²) >= 11 is 0. The molecule has 1 fully saturated rings. The minimum absolute atomic E-state index is 0.0827. The number of carbonyl (C=O) groups excluding carboxylic acids is 1. The third-order valence-corrected chi connectivity index (χ3v) is 6.00. The molecule has 1 aromatic carbocycles. The smallest absolute Gasteiger partial charge is 0.269 e. The first kappa shape index (κ1) is 18.0. The molecule has 1 N–H and O–H groups in total. The molecule has 2 aromatic rings. The Morgan fingerprint density at radius 3 is 2.58 bits per heavy atom. The Morgan fingerprint density at radius 1 is 1.23 bits per heavy atom.